The summed E-state index contributed by atoms with van der Waals surface area (Å²) in [6, 6.07) is 12.3. The van der Waals surface area contributed by atoms with Gasteiger partial charge in [-0.1, -0.05) is 42.5 Å². The third-order valence-electron chi connectivity index (χ3n) is 4.37. The highest BCUT2D eigenvalue weighted by molar-refractivity contribution is 6.10. The molecule has 0 bridgehead atoms. The summed E-state index contributed by atoms with van der Waals surface area (Å²) >= 11 is 0. The fourth-order valence-corrected chi connectivity index (χ4v) is 2.90. The van der Waals surface area contributed by atoms with E-state index in [1.165, 1.54) is 31.4 Å². The van der Waals surface area contributed by atoms with Gasteiger partial charge in [-0.25, -0.2) is 4.79 Å². The fraction of sp³-hybridized carbons (Fsp3) is 0.211. The number of methoxy groups -OCH3 is 1. The van der Waals surface area contributed by atoms with Gasteiger partial charge in [-0.05, 0) is 17.7 Å². The zero-order chi connectivity index (χ0) is 21.2. The lowest BCUT2D eigenvalue weighted by atomic mass is 10.1. The predicted molar refractivity (Wildman–Crippen MR) is 94.8 cm³/mol. The Morgan fingerprint density at radius 1 is 1.10 bits per heavy atom. The Kier molecular flexibility index (Phi) is 5.19. The van der Waals surface area contributed by atoms with Crippen molar-refractivity contribution in [1.29, 1.82) is 0 Å². The van der Waals surface area contributed by atoms with E-state index in [9.17, 15) is 27.6 Å². The van der Waals surface area contributed by atoms with E-state index < -0.39 is 29.7 Å². The van der Waals surface area contributed by atoms with E-state index in [4.69, 9.17) is 4.74 Å². The number of benzene rings is 2. The highest BCUT2D eigenvalue weighted by atomic mass is 19.4. The van der Waals surface area contributed by atoms with Crippen LogP contribution < -0.4 is 15.4 Å². The maximum Gasteiger partial charge on any atom is 0.440 e. The smallest absolute Gasteiger partial charge is 0.440 e. The third-order valence-corrected chi connectivity index (χ3v) is 4.37. The maximum atomic E-state index is 13.9. The van der Waals surface area contributed by atoms with Crippen LogP contribution in [-0.2, 0) is 11.3 Å². The number of halogens is 3. The number of hydrogen-bond acceptors (Lipinski definition) is 4. The van der Waals surface area contributed by atoms with Crippen molar-refractivity contribution < 1.29 is 32.3 Å². The van der Waals surface area contributed by atoms with Crippen molar-refractivity contribution in [3.8, 4) is 5.75 Å². The summed E-state index contributed by atoms with van der Waals surface area (Å²) in [7, 11) is 1.25. The molecule has 1 aliphatic heterocycles. The topological polar surface area (TPSA) is 87.7 Å². The number of alkyl halides is 3. The van der Waals surface area contributed by atoms with Gasteiger partial charge in [0.2, 0.25) is 0 Å². The standard InChI is InChI=1S/C19H16F3N3O4/c1-29-14-10-6-5-9-13(14)15(26)23-18(19(20,21)22)16(27)25(17(28)24-18)11-12-7-3-2-4-8-12/h2-10H,11H2,1H3,(H,23,26)(H,24,28)/t18-/m0/s1. The summed E-state index contributed by atoms with van der Waals surface area (Å²) in [5, 5.41) is 3.26. The number of rotatable bonds is 5. The number of ether oxygens (including phenoxy) is 1. The number of para-hydroxylation sites is 1. The first-order valence-corrected chi connectivity index (χ1v) is 8.40. The first-order chi connectivity index (χ1) is 13.7. The van der Waals surface area contributed by atoms with Gasteiger partial charge in [0.05, 0.1) is 19.2 Å². The summed E-state index contributed by atoms with van der Waals surface area (Å²) in [4.78, 5) is 37.8. The molecule has 152 valence electrons. The molecule has 29 heavy (non-hydrogen) atoms. The Morgan fingerprint density at radius 3 is 2.34 bits per heavy atom. The first kappa shape index (κ1) is 20.2. The Balaban J connectivity index is 1.94. The summed E-state index contributed by atoms with van der Waals surface area (Å²) in [6.45, 7) is -0.381. The molecule has 0 spiro atoms. The van der Waals surface area contributed by atoms with Crippen molar-refractivity contribution in [2.45, 2.75) is 18.4 Å². The van der Waals surface area contributed by atoms with Crippen LogP contribution in [0.25, 0.3) is 0 Å². The lowest BCUT2D eigenvalue weighted by molar-refractivity contribution is -0.200. The molecule has 1 aliphatic rings. The molecule has 1 fully saturated rings. The van der Waals surface area contributed by atoms with Crippen LogP contribution in [0, 0.1) is 0 Å². The predicted octanol–water partition coefficient (Wildman–Crippen LogP) is 2.44. The molecular formula is C19H16F3N3O4. The normalized spacial score (nSPS) is 19.1. The molecule has 2 aromatic rings. The Hall–Kier alpha value is -3.56. The summed E-state index contributed by atoms with van der Waals surface area (Å²) in [5.41, 5.74) is -3.36. The molecule has 1 atom stereocenters. The second-order valence-electron chi connectivity index (χ2n) is 6.21. The molecular weight excluding hydrogens is 391 g/mol. The van der Waals surface area contributed by atoms with Crippen LogP contribution in [0.3, 0.4) is 0 Å². The quantitative estimate of drug-likeness (QED) is 0.746. The first-order valence-electron chi connectivity index (χ1n) is 8.40. The largest absolute Gasteiger partial charge is 0.496 e. The number of carbonyl (C=O) groups excluding carboxylic acids is 3. The highest BCUT2D eigenvalue weighted by Gasteiger charge is 2.68. The molecule has 3 rings (SSSR count). The van der Waals surface area contributed by atoms with Crippen molar-refractivity contribution in [3.05, 3.63) is 65.7 Å². The second-order valence-corrected chi connectivity index (χ2v) is 6.21. The van der Waals surface area contributed by atoms with Gasteiger partial charge in [-0.3, -0.25) is 19.8 Å². The number of carbonyl (C=O) groups is 3. The van der Waals surface area contributed by atoms with Gasteiger partial charge < -0.3 is 10.1 Å². The second kappa shape index (κ2) is 7.46. The minimum atomic E-state index is -5.29. The number of hydrogen-bond donors (Lipinski definition) is 2. The van der Waals surface area contributed by atoms with Crippen molar-refractivity contribution in [1.82, 2.24) is 15.5 Å². The number of nitrogens with zero attached hydrogens (tertiary/aromatic N) is 1. The van der Waals surface area contributed by atoms with Crippen molar-refractivity contribution in [2.24, 2.45) is 0 Å². The molecule has 0 aliphatic carbocycles. The van der Waals surface area contributed by atoms with E-state index in [-0.39, 0.29) is 17.9 Å². The average Bonchev–Trinajstić information content (AvgIpc) is 2.93. The third kappa shape index (κ3) is 3.60. The Labute approximate surface area is 163 Å². The minimum Gasteiger partial charge on any atom is -0.496 e. The minimum absolute atomic E-state index is 0.0141. The number of nitrogens with one attached hydrogen (secondary N) is 2. The highest BCUT2D eigenvalue weighted by Crippen LogP contribution is 2.35. The molecule has 0 aromatic heterocycles. The van der Waals surface area contributed by atoms with Gasteiger partial charge in [0.25, 0.3) is 17.5 Å². The Morgan fingerprint density at radius 2 is 1.72 bits per heavy atom. The number of imide groups is 1. The molecule has 2 aromatic carbocycles. The summed E-state index contributed by atoms with van der Waals surface area (Å²) in [5.74, 6) is -2.84. The maximum absolute atomic E-state index is 13.9. The van der Waals surface area contributed by atoms with Gasteiger partial charge >= 0.3 is 12.2 Å². The molecule has 2 N–H and O–H groups in total. The Bertz CT molecular complexity index is 949. The van der Waals surface area contributed by atoms with E-state index in [0.717, 1.165) is 0 Å². The molecule has 10 heteroatoms. The molecule has 1 heterocycles. The van der Waals surface area contributed by atoms with Crippen LogP contribution in [0.2, 0.25) is 0 Å². The summed E-state index contributed by atoms with van der Waals surface area (Å²) in [6.07, 6.45) is -5.29. The van der Waals surface area contributed by atoms with E-state index in [2.05, 4.69) is 0 Å². The molecule has 0 unspecified atom stereocenters. The monoisotopic (exact) mass is 407 g/mol. The molecule has 0 saturated carbocycles. The SMILES string of the molecule is COc1ccccc1C(=O)N[C@]1(C(F)(F)F)NC(=O)N(Cc2ccccc2)C1=O. The van der Waals surface area contributed by atoms with Gasteiger partial charge in [-0.2, -0.15) is 13.2 Å². The van der Waals surface area contributed by atoms with Crippen LogP contribution in [0.5, 0.6) is 5.75 Å². The lowest BCUT2D eigenvalue weighted by Crippen LogP contribution is -2.69. The van der Waals surface area contributed by atoms with E-state index in [0.29, 0.717) is 10.5 Å². The number of amides is 4. The fourth-order valence-electron chi connectivity index (χ4n) is 2.90. The lowest BCUT2D eigenvalue weighted by Gasteiger charge is -2.30. The van der Waals surface area contributed by atoms with Crippen LogP contribution in [-0.4, -0.2) is 41.7 Å². The van der Waals surface area contributed by atoms with Gasteiger partial charge in [0.15, 0.2) is 0 Å². The average molecular weight is 407 g/mol. The zero-order valence-corrected chi connectivity index (χ0v) is 15.1. The number of urea groups is 1. The molecule has 0 radical (unpaired) electrons. The van der Waals surface area contributed by atoms with Crippen LogP contribution in [0.4, 0.5) is 18.0 Å². The van der Waals surface area contributed by atoms with Gasteiger partial charge in [0.1, 0.15) is 5.75 Å². The van der Waals surface area contributed by atoms with E-state index >= 15 is 0 Å². The van der Waals surface area contributed by atoms with Gasteiger partial charge in [0, 0.05) is 0 Å². The molecule has 4 amide bonds. The van der Waals surface area contributed by atoms with Gasteiger partial charge in [-0.15, -0.1) is 0 Å². The van der Waals surface area contributed by atoms with E-state index in [1.54, 1.807) is 41.0 Å². The molecule has 1 saturated heterocycles. The van der Waals surface area contributed by atoms with Crippen LogP contribution in [0.1, 0.15) is 15.9 Å². The van der Waals surface area contributed by atoms with Crippen LogP contribution >= 0.6 is 0 Å². The zero-order valence-electron chi connectivity index (χ0n) is 15.1. The van der Waals surface area contributed by atoms with Crippen molar-refractivity contribution >= 4 is 17.8 Å². The molecule has 7 nitrogen and oxygen atoms in total. The van der Waals surface area contributed by atoms with E-state index in [1.807, 2.05) is 0 Å². The van der Waals surface area contributed by atoms with Crippen LogP contribution in [0.15, 0.2) is 54.6 Å². The van der Waals surface area contributed by atoms with Crippen molar-refractivity contribution in [2.75, 3.05) is 7.11 Å². The summed E-state index contributed by atoms with van der Waals surface area (Å²) < 4.78 is 46.7. The van der Waals surface area contributed by atoms with Crippen molar-refractivity contribution in [3.63, 3.8) is 0 Å².